The number of nitrogens with one attached hydrogen (secondary N) is 2. The predicted octanol–water partition coefficient (Wildman–Crippen LogP) is 0.757. The number of carbonyl (C=O) groups is 3. The van der Waals surface area contributed by atoms with Crippen molar-refractivity contribution in [2.45, 2.75) is 24.4 Å². The molecule has 0 spiro atoms. The lowest BCUT2D eigenvalue weighted by atomic mass is 10.0. The smallest absolute Gasteiger partial charge is 0.354 e. The zero-order valence-electron chi connectivity index (χ0n) is 13.7. The van der Waals surface area contributed by atoms with Crippen LogP contribution in [0.1, 0.15) is 18.5 Å². The van der Waals surface area contributed by atoms with Gasteiger partial charge in [-0.15, -0.1) is 16.7 Å². The number of carboxylic acid groups (broad SMARTS) is 1. The summed E-state index contributed by atoms with van der Waals surface area (Å²) < 4.78 is 0. The van der Waals surface area contributed by atoms with Crippen LogP contribution in [0.3, 0.4) is 0 Å². The van der Waals surface area contributed by atoms with Gasteiger partial charge >= 0.3 is 5.97 Å². The molecule has 0 aliphatic carbocycles. The lowest BCUT2D eigenvalue weighted by Gasteiger charge is -2.39. The molecule has 0 radical (unpaired) electrons. The number of carboxylic acids is 1. The number of nitrogens with zero attached hydrogens (tertiary/aromatic N) is 2. The number of piperazine rings is 1. The molecule has 9 nitrogen and oxygen atoms in total. The fraction of sp³-hybridized carbons (Fsp3) is 0.312. The van der Waals surface area contributed by atoms with Gasteiger partial charge in [0.25, 0.3) is 0 Å². The highest BCUT2D eigenvalue weighted by atomic mass is 32.2. The molecule has 2 heterocycles. The number of hydrogen-bond donors (Lipinski definition) is 3. The van der Waals surface area contributed by atoms with Gasteiger partial charge in [-0.1, -0.05) is 30.3 Å². The van der Waals surface area contributed by atoms with E-state index < -0.39 is 35.2 Å². The van der Waals surface area contributed by atoms with Crippen molar-refractivity contribution in [2.75, 3.05) is 5.75 Å². The van der Waals surface area contributed by atoms with Crippen molar-refractivity contribution in [3.8, 4) is 0 Å². The van der Waals surface area contributed by atoms with E-state index in [1.54, 1.807) is 37.3 Å². The first-order valence-electron chi connectivity index (χ1n) is 7.77. The van der Waals surface area contributed by atoms with E-state index in [1.807, 2.05) is 0 Å². The summed E-state index contributed by atoms with van der Waals surface area (Å²) in [5.74, 6) is -1.94. The van der Waals surface area contributed by atoms with E-state index in [9.17, 15) is 24.4 Å². The number of amides is 2. The second-order valence-corrected chi connectivity index (χ2v) is 7.01. The third kappa shape index (κ3) is 3.15. The molecule has 26 heavy (non-hydrogen) atoms. The Morgan fingerprint density at radius 2 is 1.92 bits per heavy atom. The Morgan fingerprint density at radius 1 is 1.23 bits per heavy atom. The maximum atomic E-state index is 12.6. The molecule has 2 aliphatic heterocycles. The molecule has 136 valence electrons. The molecule has 0 bridgehead atoms. The Kier molecular flexibility index (Phi) is 4.94. The maximum absolute atomic E-state index is 12.6. The van der Waals surface area contributed by atoms with E-state index in [-0.39, 0.29) is 5.70 Å². The summed E-state index contributed by atoms with van der Waals surface area (Å²) in [4.78, 5) is 47.8. The van der Waals surface area contributed by atoms with E-state index in [1.165, 1.54) is 11.8 Å². The molecule has 3 unspecified atom stereocenters. The van der Waals surface area contributed by atoms with E-state index in [4.69, 9.17) is 0 Å². The van der Waals surface area contributed by atoms with Gasteiger partial charge in [0.1, 0.15) is 23.2 Å². The predicted molar refractivity (Wildman–Crippen MR) is 93.5 cm³/mol. The standard InChI is InChI=1S/C16H16N4O5S/c1-8-7-26-15(20(19-25)12(8)16(23)24)11-14(22)17-10(13(21)18-11)9-5-3-2-4-6-9/h2-6,10-11,15H,7H2,1H3,(H,17,22)(H,18,21)(H,23,24). The largest absolute Gasteiger partial charge is 0.477 e. The molecule has 3 rings (SSSR count). The van der Waals surface area contributed by atoms with Crippen LogP contribution in [-0.2, 0) is 14.4 Å². The maximum Gasteiger partial charge on any atom is 0.354 e. The van der Waals surface area contributed by atoms with Crippen molar-refractivity contribution >= 4 is 29.5 Å². The van der Waals surface area contributed by atoms with Crippen LogP contribution in [0.25, 0.3) is 0 Å². The third-order valence-electron chi connectivity index (χ3n) is 4.18. The minimum Gasteiger partial charge on any atom is -0.477 e. The summed E-state index contributed by atoms with van der Waals surface area (Å²) in [6, 6.07) is 6.78. The zero-order valence-corrected chi connectivity index (χ0v) is 14.5. The lowest BCUT2D eigenvalue weighted by molar-refractivity contribution is -0.138. The van der Waals surface area contributed by atoms with Crippen LogP contribution in [0.2, 0.25) is 0 Å². The number of hydrogen-bond acceptors (Lipinski definition) is 6. The number of aliphatic carboxylic acids is 1. The minimum atomic E-state index is -1.31. The highest BCUT2D eigenvalue weighted by Crippen LogP contribution is 2.34. The van der Waals surface area contributed by atoms with Gasteiger partial charge in [-0.2, -0.15) is 0 Å². The fourth-order valence-electron chi connectivity index (χ4n) is 2.96. The quantitative estimate of drug-likeness (QED) is 0.662. The van der Waals surface area contributed by atoms with Crippen LogP contribution in [0, 0.1) is 4.91 Å². The molecule has 2 aliphatic rings. The Bertz CT molecular complexity index is 797. The molecule has 0 aromatic heterocycles. The summed E-state index contributed by atoms with van der Waals surface area (Å²) in [6.45, 7) is 1.58. The van der Waals surface area contributed by atoms with E-state index in [2.05, 4.69) is 15.9 Å². The SMILES string of the molecule is CC1=C(C(=O)O)N(N=O)C(C2NC(=O)C(c3ccccc3)NC2=O)SC1. The molecule has 3 atom stereocenters. The van der Waals surface area contributed by atoms with Crippen LogP contribution in [0.5, 0.6) is 0 Å². The highest BCUT2D eigenvalue weighted by Gasteiger charge is 2.45. The summed E-state index contributed by atoms with van der Waals surface area (Å²) >= 11 is 1.17. The van der Waals surface area contributed by atoms with Crippen LogP contribution < -0.4 is 10.6 Å². The van der Waals surface area contributed by atoms with Gasteiger partial charge in [-0.05, 0) is 18.1 Å². The minimum absolute atomic E-state index is 0.268. The molecule has 1 fully saturated rings. The van der Waals surface area contributed by atoms with E-state index in [0.29, 0.717) is 16.9 Å². The van der Waals surface area contributed by atoms with Gasteiger partial charge in [0.2, 0.25) is 11.8 Å². The average molecular weight is 376 g/mol. The molecule has 1 aromatic rings. The van der Waals surface area contributed by atoms with Gasteiger partial charge in [-0.3, -0.25) is 9.59 Å². The van der Waals surface area contributed by atoms with Gasteiger partial charge in [0.05, 0.1) is 5.29 Å². The third-order valence-corrected chi connectivity index (χ3v) is 5.60. The number of thioether (sulfide) groups is 1. The number of rotatable bonds is 4. The summed E-state index contributed by atoms with van der Waals surface area (Å²) in [7, 11) is 0. The number of carbonyl (C=O) groups excluding carboxylic acids is 2. The van der Waals surface area contributed by atoms with Crippen LogP contribution in [-0.4, -0.2) is 45.1 Å². The molecule has 2 amide bonds. The summed E-state index contributed by atoms with van der Waals surface area (Å²) in [5.41, 5.74) is 0.819. The number of nitroso groups, excluding NO2 is 1. The zero-order chi connectivity index (χ0) is 18.8. The van der Waals surface area contributed by atoms with Gasteiger partial charge in [0, 0.05) is 5.75 Å². The second kappa shape index (κ2) is 7.16. The monoisotopic (exact) mass is 376 g/mol. The lowest BCUT2D eigenvalue weighted by Crippen LogP contribution is -2.64. The van der Waals surface area contributed by atoms with Gasteiger partial charge < -0.3 is 15.7 Å². The van der Waals surface area contributed by atoms with Crippen molar-refractivity contribution < 1.29 is 19.5 Å². The number of benzene rings is 1. The summed E-state index contributed by atoms with van der Waals surface area (Å²) in [5, 5.41) is 17.2. The Hall–Kier alpha value is -2.88. The molecule has 10 heteroatoms. The van der Waals surface area contributed by atoms with Crippen molar-refractivity contribution in [3.05, 3.63) is 52.1 Å². The molecule has 1 aromatic carbocycles. The first-order valence-corrected chi connectivity index (χ1v) is 8.81. The van der Waals surface area contributed by atoms with E-state index in [0.717, 1.165) is 5.01 Å². The Morgan fingerprint density at radius 3 is 2.54 bits per heavy atom. The average Bonchev–Trinajstić information content (AvgIpc) is 2.63. The van der Waals surface area contributed by atoms with E-state index >= 15 is 0 Å². The molecule has 3 N–H and O–H groups in total. The highest BCUT2D eigenvalue weighted by molar-refractivity contribution is 8.00. The molecule has 0 saturated carbocycles. The van der Waals surface area contributed by atoms with Crippen molar-refractivity contribution in [1.29, 1.82) is 0 Å². The second-order valence-electron chi connectivity index (χ2n) is 5.90. The topological polar surface area (TPSA) is 128 Å². The molecular weight excluding hydrogens is 360 g/mol. The van der Waals surface area contributed by atoms with Gasteiger partial charge in [-0.25, -0.2) is 9.80 Å². The Balaban J connectivity index is 1.85. The van der Waals surface area contributed by atoms with Gasteiger partial charge in [0.15, 0.2) is 0 Å². The fourth-order valence-corrected chi connectivity index (χ4v) is 4.18. The Labute approximate surface area is 152 Å². The van der Waals surface area contributed by atoms with Crippen LogP contribution in [0.4, 0.5) is 0 Å². The normalized spacial score (nSPS) is 26.2. The summed E-state index contributed by atoms with van der Waals surface area (Å²) in [6.07, 6.45) is 0. The van der Waals surface area contributed by atoms with Crippen molar-refractivity contribution in [2.24, 2.45) is 5.29 Å². The van der Waals surface area contributed by atoms with Crippen molar-refractivity contribution in [1.82, 2.24) is 15.6 Å². The first-order chi connectivity index (χ1) is 12.4. The van der Waals surface area contributed by atoms with Crippen LogP contribution in [0.15, 0.2) is 46.9 Å². The van der Waals surface area contributed by atoms with Crippen molar-refractivity contribution in [3.63, 3.8) is 0 Å². The first kappa shape index (κ1) is 17.9. The molecular formula is C16H16N4O5S. The van der Waals surface area contributed by atoms with Crippen LogP contribution >= 0.6 is 11.8 Å². The molecule has 1 saturated heterocycles.